The Balaban J connectivity index is 2.83. The molecule has 0 unspecified atom stereocenters. The average molecular weight is 143 g/mol. The quantitative estimate of drug-likeness (QED) is 0.552. The second kappa shape index (κ2) is 2.35. The lowest BCUT2D eigenvalue weighted by molar-refractivity contribution is 1.39. The Kier molecular flexibility index (Phi) is 1.35. The van der Waals surface area contributed by atoms with Gasteiger partial charge in [-0.3, -0.25) is 4.98 Å². The van der Waals surface area contributed by atoms with Gasteiger partial charge in [0.2, 0.25) is 0 Å². The van der Waals surface area contributed by atoms with Crippen LogP contribution in [0.5, 0.6) is 0 Å². The van der Waals surface area contributed by atoms with Gasteiger partial charge in [0.15, 0.2) is 0 Å². The molecular formula is C10H9N. The normalized spacial score (nSPS) is 10.3. The highest BCUT2D eigenvalue weighted by molar-refractivity contribution is 5.78. The summed E-state index contributed by atoms with van der Waals surface area (Å²) in [5, 5.41) is 1.21. The van der Waals surface area contributed by atoms with Gasteiger partial charge < -0.3 is 0 Å². The van der Waals surface area contributed by atoms with Crippen molar-refractivity contribution in [3.8, 4) is 0 Å². The van der Waals surface area contributed by atoms with Crippen molar-refractivity contribution in [1.82, 2.24) is 4.98 Å². The second-order valence-corrected chi connectivity index (χ2v) is 2.70. The number of hydrogen-bond donors (Lipinski definition) is 0. The molecule has 2 aromatic rings. The third kappa shape index (κ3) is 1.09. The molecule has 0 aliphatic rings. The van der Waals surface area contributed by atoms with Gasteiger partial charge in [0.25, 0.3) is 0 Å². The minimum absolute atomic E-state index is 1.08. The summed E-state index contributed by atoms with van der Waals surface area (Å²) < 4.78 is 0. The molecule has 1 nitrogen and oxygen atoms in total. The summed E-state index contributed by atoms with van der Waals surface area (Å²) in [6, 6.07) is 10.3. The third-order valence-corrected chi connectivity index (χ3v) is 1.76. The minimum Gasteiger partial charge on any atom is -0.256 e. The highest BCUT2D eigenvalue weighted by Gasteiger charge is 1.90. The molecule has 54 valence electrons. The van der Waals surface area contributed by atoms with E-state index >= 15 is 0 Å². The molecule has 0 saturated heterocycles. The Hall–Kier alpha value is -1.37. The monoisotopic (exact) mass is 143 g/mol. The molecule has 1 aromatic carbocycles. The smallest absolute Gasteiger partial charge is 0.0704 e. The lowest BCUT2D eigenvalue weighted by atomic mass is 10.1. The van der Waals surface area contributed by atoms with Gasteiger partial charge in [0.1, 0.15) is 0 Å². The number of aryl methyl sites for hydroxylation is 1. The Bertz CT molecular complexity index is 379. The van der Waals surface area contributed by atoms with Crippen molar-refractivity contribution in [1.29, 1.82) is 0 Å². The van der Waals surface area contributed by atoms with Crippen LogP contribution in [0, 0.1) is 6.92 Å². The summed E-state index contributed by atoms with van der Waals surface area (Å²) in [6.45, 7) is 2.08. The van der Waals surface area contributed by atoms with Crippen LogP contribution in [0.2, 0.25) is 0 Å². The molecule has 0 amide bonds. The number of fused-ring (bicyclic) bond motifs is 1. The van der Waals surface area contributed by atoms with Crippen molar-refractivity contribution in [2.45, 2.75) is 6.92 Å². The lowest BCUT2D eigenvalue weighted by Gasteiger charge is -1.95. The maximum Gasteiger partial charge on any atom is 0.0704 e. The van der Waals surface area contributed by atoms with Crippen molar-refractivity contribution < 1.29 is 0 Å². The van der Waals surface area contributed by atoms with Crippen molar-refractivity contribution in [3.05, 3.63) is 42.1 Å². The molecule has 0 radical (unpaired) electrons. The van der Waals surface area contributed by atoms with Crippen molar-refractivity contribution in [2.24, 2.45) is 0 Å². The van der Waals surface area contributed by atoms with Crippen LogP contribution in [0.1, 0.15) is 5.56 Å². The zero-order chi connectivity index (χ0) is 7.68. The fraction of sp³-hybridized carbons (Fsp3) is 0.100. The number of rotatable bonds is 0. The first-order chi connectivity index (χ1) is 5.36. The van der Waals surface area contributed by atoms with Gasteiger partial charge in [-0.2, -0.15) is 0 Å². The molecule has 1 heterocycles. The molecule has 1 heteroatoms. The summed E-state index contributed by atoms with van der Waals surface area (Å²) in [4.78, 5) is 4.24. The van der Waals surface area contributed by atoms with Crippen molar-refractivity contribution in [3.63, 3.8) is 0 Å². The van der Waals surface area contributed by atoms with Gasteiger partial charge in [-0.15, -0.1) is 0 Å². The van der Waals surface area contributed by atoms with Gasteiger partial charge in [-0.1, -0.05) is 18.2 Å². The van der Waals surface area contributed by atoms with E-state index in [0.29, 0.717) is 0 Å². The summed E-state index contributed by atoms with van der Waals surface area (Å²) in [6.07, 6.45) is 1.82. The molecule has 0 fully saturated rings. The maximum atomic E-state index is 4.24. The fourth-order valence-corrected chi connectivity index (χ4v) is 1.18. The Morgan fingerprint density at radius 1 is 1.18 bits per heavy atom. The van der Waals surface area contributed by atoms with Gasteiger partial charge in [-0.05, 0) is 24.6 Å². The molecule has 1 aromatic heterocycles. The molecular weight excluding hydrogens is 134 g/mol. The van der Waals surface area contributed by atoms with Crippen LogP contribution in [0.15, 0.2) is 36.5 Å². The second-order valence-electron chi connectivity index (χ2n) is 2.70. The van der Waals surface area contributed by atoms with Crippen LogP contribution in [0.4, 0.5) is 0 Å². The highest BCUT2D eigenvalue weighted by atomic mass is 14.6. The largest absolute Gasteiger partial charge is 0.256 e. The zero-order valence-corrected chi connectivity index (χ0v) is 6.41. The SMILES string of the molecule is Cc1ccc2cccnc2c1. The predicted octanol–water partition coefficient (Wildman–Crippen LogP) is 2.54. The zero-order valence-electron chi connectivity index (χ0n) is 6.41. The number of hydrogen-bond acceptors (Lipinski definition) is 1. The predicted molar refractivity (Wildman–Crippen MR) is 46.5 cm³/mol. The van der Waals surface area contributed by atoms with Crippen LogP contribution in [-0.4, -0.2) is 4.98 Å². The van der Waals surface area contributed by atoms with Gasteiger partial charge in [0.05, 0.1) is 5.52 Å². The van der Waals surface area contributed by atoms with E-state index < -0.39 is 0 Å². The minimum atomic E-state index is 1.08. The Morgan fingerprint density at radius 3 is 3.00 bits per heavy atom. The van der Waals surface area contributed by atoms with E-state index in [1.807, 2.05) is 12.3 Å². The fourth-order valence-electron chi connectivity index (χ4n) is 1.18. The van der Waals surface area contributed by atoms with Gasteiger partial charge >= 0.3 is 0 Å². The third-order valence-electron chi connectivity index (χ3n) is 1.76. The number of nitrogens with zero attached hydrogens (tertiary/aromatic N) is 1. The van der Waals surface area contributed by atoms with Crippen LogP contribution < -0.4 is 0 Å². The molecule has 11 heavy (non-hydrogen) atoms. The van der Waals surface area contributed by atoms with E-state index in [-0.39, 0.29) is 0 Å². The molecule has 0 bridgehead atoms. The van der Waals surface area contributed by atoms with Crippen LogP contribution in [-0.2, 0) is 0 Å². The van der Waals surface area contributed by atoms with Gasteiger partial charge in [-0.25, -0.2) is 0 Å². The summed E-state index contributed by atoms with van der Waals surface area (Å²) in [5.74, 6) is 0. The molecule has 0 aliphatic carbocycles. The van der Waals surface area contributed by atoms with E-state index in [4.69, 9.17) is 0 Å². The van der Waals surface area contributed by atoms with Crippen LogP contribution in [0.25, 0.3) is 10.9 Å². The summed E-state index contributed by atoms with van der Waals surface area (Å²) in [5.41, 5.74) is 2.34. The molecule has 0 aliphatic heterocycles. The van der Waals surface area contributed by atoms with Crippen molar-refractivity contribution >= 4 is 10.9 Å². The summed E-state index contributed by atoms with van der Waals surface area (Å²) >= 11 is 0. The van der Waals surface area contributed by atoms with E-state index in [2.05, 4.69) is 36.2 Å². The topological polar surface area (TPSA) is 12.9 Å². The molecule has 0 spiro atoms. The van der Waals surface area contributed by atoms with Crippen LogP contribution >= 0.6 is 0 Å². The maximum absolute atomic E-state index is 4.24. The van der Waals surface area contributed by atoms with E-state index in [1.54, 1.807) is 0 Å². The van der Waals surface area contributed by atoms with E-state index in [1.165, 1.54) is 10.9 Å². The number of pyridine rings is 1. The van der Waals surface area contributed by atoms with E-state index in [0.717, 1.165) is 5.52 Å². The summed E-state index contributed by atoms with van der Waals surface area (Å²) in [7, 11) is 0. The Labute approximate surface area is 65.7 Å². The van der Waals surface area contributed by atoms with Crippen LogP contribution in [0.3, 0.4) is 0 Å². The molecule has 0 N–H and O–H groups in total. The van der Waals surface area contributed by atoms with Crippen molar-refractivity contribution in [2.75, 3.05) is 0 Å². The standard InChI is InChI=1S/C10H9N/c1-8-4-5-9-3-2-6-11-10(9)7-8/h2-7H,1H3. The molecule has 0 saturated carbocycles. The first kappa shape index (κ1) is 6.35. The average Bonchev–Trinajstić information content (AvgIpc) is 2.04. The van der Waals surface area contributed by atoms with E-state index in [9.17, 15) is 0 Å². The Morgan fingerprint density at radius 2 is 2.09 bits per heavy atom. The highest BCUT2D eigenvalue weighted by Crippen LogP contribution is 2.11. The number of aromatic nitrogens is 1. The van der Waals surface area contributed by atoms with Gasteiger partial charge in [0, 0.05) is 11.6 Å². The first-order valence-electron chi connectivity index (χ1n) is 3.68. The number of benzene rings is 1. The molecule has 0 atom stereocenters. The molecule has 2 rings (SSSR count). The first-order valence-corrected chi connectivity index (χ1v) is 3.68. The lowest BCUT2D eigenvalue weighted by Crippen LogP contribution is -1.77.